The molecule has 0 unspecified atom stereocenters. The Labute approximate surface area is 146 Å². The van der Waals surface area contributed by atoms with E-state index in [2.05, 4.69) is 5.32 Å². The van der Waals surface area contributed by atoms with Crippen molar-refractivity contribution < 1.29 is 19.4 Å². The van der Waals surface area contributed by atoms with Gasteiger partial charge in [-0.25, -0.2) is 4.79 Å². The number of phenols is 1. The molecule has 0 aliphatic carbocycles. The summed E-state index contributed by atoms with van der Waals surface area (Å²) < 4.78 is 10.9. The van der Waals surface area contributed by atoms with Crippen LogP contribution in [-0.2, 0) is 11.3 Å². The largest absolute Gasteiger partial charge is 0.508 e. The highest BCUT2D eigenvalue weighted by molar-refractivity contribution is 6.32. The number of aromatic hydroxyl groups is 1. The lowest BCUT2D eigenvalue weighted by Crippen LogP contribution is -2.27. The Morgan fingerprint density at radius 3 is 2.62 bits per heavy atom. The van der Waals surface area contributed by atoms with E-state index in [-0.39, 0.29) is 12.4 Å². The van der Waals surface area contributed by atoms with Crippen LogP contribution in [0.3, 0.4) is 0 Å². The molecule has 1 amide bonds. The van der Waals surface area contributed by atoms with Crippen LogP contribution in [-0.4, -0.2) is 16.8 Å². The zero-order chi connectivity index (χ0) is 17.7. The van der Waals surface area contributed by atoms with Crippen molar-refractivity contribution in [1.29, 1.82) is 0 Å². The number of phenolic OH excluding ortho intramolecular Hbond substituents is 1. The van der Waals surface area contributed by atoms with Gasteiger partial charge in [0, 0.05) is 11.8 Å². The second-order valence-electron chi connectivity index (χ2n) is 6.23. The molecule has 24 heavy (non-hydrogen) atoms. The smallest absolute Gasteiger partial charge is 0.412 e. The van der Waals surface area contributed by atoms with E-state index < -0.39 is 11.7 Å². The Kier molecular flexibility index (Phi) is 5.57. The van der Waals surface area contributed by atoms with Crippen LogP contribution in [0.15, 0.2) is 42.5 Å². The maximum absolute atomic E-state index is 11.8. The van der Waals surface area contributed by atoms with Crippen molar-refractivity contribution in [2.24, 2.45) is 0 Å². The average Bonchev–Trinajstić information content (AvgIpc) is 2.46. The first-order chi connectivity index (χ1) is 11.2. The minimum absolute atomic E-state index is 0.169. The molecular weight excluding hydrogens is 330 g/mol. The molecule has 2 aromatic carbocycles. The fourth-order valence-corrected chi connectivity index (χ4v) is 2.09. The normalized spacial score (nSPS) is 11.0. The standard InChI is InChI=1S/C18H20ClNO4/c1-18(2,3)24-17(22)20-13-7-8-15(19)16(10-13)23-11-12-5-4-6-14(21)9-12/h4-10,21H,11H2,1-3H3,(H,20,22). The molecule has 0 aromatic heterocycles. The summed E-state index contributed by atoms with van der Waals surface area (Å²) in [7, 11) is 0. The van der Waals surface area contributed by atoms with E-state index in [9.17, 15) is 9.90 Å². The zero-order valence-electron chi connectivity index (χ0n) is 13.8. The summed E-state index contributed by atoms with van der Waals surface area (Å²) in [5.74, 6) is 0.594. The van der Waals surface area contributed by atoms with Gasteiger partial charge in [-0.05, 0) is 50.6 Å². The molecule has 2 aromatic rings. The topological polar surface area (TPSA) is 67.8 Å². The van der Waals surface area contributed by atoms with Crippen molar-refractivity contribution in [1.82, 2.24) is 0 Å². The number of hydrogen-bond donors (Lipinski definition) is 2. The predicted octanol–water partition coefficient (Wildman–Crippen LogP) is 4.97. The van der Waals surface area contributed by atoms with Crippen molar-refractivity contribution in [2.75, 3.05) is 5.32 Å². The van der Waals surface area contributed by atoms with E-state index in [1.807, 2.05) is 6.07 Å². The minimum Gasteiger partial charge on any atom is -0.508 e. The Hall–Kier alpha value is -2.40. The first-order valence-corrected chi connectivity index (χ1v) is 7.81. The van der Waals surface area contributed by atoms with Crippen LogP contribution in [0.4, 0.5) is 10.5 Å². The number of ether oxygens (including phenoxy) is 2. The minimum atomic E-state index is -0.578. The second-order valence-corrected chi connectivity index (χ2v) is 6.64. The van der Waals surface area contributed by atoms with Crippen molar-refractivity contribution in [3.05, 3.63) is 53.1 Å². The highest BCUT2D eigenvalue weighted by atomic mass is 35.5. The summed E-state index contributed by atoms with van der Waals surface area (Å²) in [6, 6.07) is 11.7. The van der Waals surface area contributed by atoms with Crippen LogP contribution < -0.4 is 10.1 Å². The predicted molar refractivity (Wildman–Crippen MR) is 93.7 cm³/mol. The molecule has 2 N–H and O–H groups in total. The molecule has 0 saturated heterocycles. The molecule has 0 saturated carbocycles. The van der Waals surface area contributed by atoms with E-state index in [0.29, 0.717) is 16.5 Å². The highest BCUT2D eigenvalue weighted by Crippen LogP contribution is 2.29. The van der Waals surface area contributed by atoms with Gasteiger partial charge in [0.15, 0.2) is 0 Å². The second kappa shape index (κ2) is 7.45. The molecule has 0 heterocycles. The third-order valence-corrected chi connectivity index (χ3v) is 3.19. The van der Waals surface area contributed by atoms with Crippen LogP contribution in [0.1, 0.15) is 26.3 Å². The van der Waals surface area contributed by atoms with Crippen LogP contribution >= 0.6 is 11.6 Å². The van der Waals surface area contributed by atoms with Gasteiger partial charge in [0.2, 0.25) is 0 Å². The summed E-state index contributed by atoms with van der Waals surface area (Å²) >= 11 is 6.12. The van der Waals surface area contributed by atoms with Gasteiger partial charge >= 0.3 is 6.09 Å². The molecule has 0 spiro atoms. The molecule has 2 rings (SSSR count). The molecule has 128 valence electrons. The van der Waals surface area contributed by atoms with E-state index >= 15 is 0 Å². The molecule has 0 aliphatic heterocycles. The number of nitrogens with one attached hydrogen (secondary N) is 1. The summed E-state index contributed by atoms with van der Waals surface area (Å²) in [6.07, 6.45) is -0.552. The number of rotatable bonds is 4. The molecule has 6 heteroatoms. The van der Waals surface area contributed by atoms with Crippen LogP contribution in [0.25, 0.3) is 0 Å². The Morgan fingerprint density at radius 1 is 1.21 bits per heavy atom. The SMILES string of the molecule is CC(C)(C)OC(=O)Nc1ccc(Cl)c(OCc2cccc(O)c2)c1. The van der Waals surface area contributed by atoms with Gasteiger partial charge in [0.1, 0.15) is 23.7 Å². The Bertz CT molecular complexity index is 725. The molecule has 0 atom stereocenters. The molecule has 0 bridgehead atoms. The van der Waals surface area contributed by atoms with E-state index in [1.165, 1.54) is 0 Å². The van der Waals surface area contributed by atoms with Gasteiger partial charge in [0.25, 0.3) is 0 Å². The molecular formula is C18H20ClNO4. The summed E-state index contributed by atoms with van der Waals surface area (Å²) in [4.78, 5) is 11.8. The highest BCUT2D eigenvalue weighted by Gasteiger charge is 2.16. The number of carbonyl (C=O) groups excluding carboxylic acids is 1. The lowest BCUT2D eigenvalue weighted by molar-refractivity contribution is 0.0636. The first-order valence-electron chi connectivity index (χ1n) is 7.43. The molecule has 5 nitrogen and oxygen atoms in total. The summed E-state index contributed by atoms with van der Waals surface area (Å²) in [5.41, 5.74) is 0.738. The maximum atomic E-state index is 11.8. The van der Waals surface area contributed by atoms with E-state index in [0.717, 1.165) is 5.56 Å². The lowest BCUT2D eigenvalue weighted by Gasteiger charge is -2.20. The van der Waals surface area contributed by atoms with Crippen molar-refractivity contribution in [3.63, 3.8) is 0 Å². The number of halogens is 1. The zero-order valence-corrected chi connectivity index (χ0v) is 14.6. The van der Waals surface area contributed by atoms with Crippen LogP contribution in [0.2, 0.25) is 5.02 Å². The number of benzene rings is 2. The summed E-state index contributed by atoms with van der Waals surface area (Å²) in [6.45, 7) is 5.61. The quantitative estimate of drug-likeness (QED) is 0.817. The van der Waals surface area contributed by atoms with E-state index in [4.69, 9.17) is 21.1 Å². The number of anilines is 1. The third-order valence-electron chi connectivity index (χ3n) is 2.88. The maximum Gasteiger partial charge on any atom is 0.412 e. The fourth-order valence-electron chi connectivity index (χ4n) is 1.92. The average molecular weight is 350 g/mol. The number of carbonyl (C=O) groups is 1. The van der Waals surface area contributed by atoms with Crippen molar-refractivity contribution >= 4 is 23.4 Å². The van der Waals surface area contributed by atoms with Gasteiger partial charge in [-0.15, -0.1) is 0 Å². The molecule has 0 fully saturated rings. The molecule has 0 radical (unpaired) electrons. The summed E-state index contributed by atoms with van der Waals surface area (Å²) in [5, 5.41) is 12.5. The van der Waals surface area contributed by atoms with Gasteiger partial charge in [-0.1, -0.05) is 23.7 Å². The van der Waals surface area contributed by atoms with Crippen LogP contribution in [0.5, 0.6) is 11.5 Å². The monoisotopic (exact) mass is 349 g/mol. The van der Waals surface area contributed by atoms with E-state index in [1.54, 1.807) is 57.2 Å². The van der Waals surface area contributed by atoms with Crippen LogP contribution in [0, 0.1) is 0 Å². The molecule has 0 aliphatic rings. The van der Waals surface area contributed by atoms with Gasteiger partial charge in [0.05, 0.1) is 5.02 Å². The van der Waals surface area contributed by atoms with Gasteiger partial charge in [-0.3, -0.25) is 5.32 Å². The first kappa shape index (κ1) is 17.9. The van der Waals surface area contributed by atoms with Gasteiger partial charge < -0.3 is 14.6 Å². The number of amides is 1. The Balaban J connectivity index is 2.04. The van der Waals surface area contributed by atoms with Gasteiger partial charge in [-0.2, -0.15) is 0 Å². The third kappa shape index (κ3) is 5.66. The van der Waals surface area contributed by atoms with Crippen molar-refractivity contribution in [3.8, 4) is 11.5 Å². The fraction of sp³-hybridized carbons (Fsp3) is 0.278. The lowest BCUT2D eigenvalue weighted by atomic mass is 10.2. The van der Waals surface area contributed by atoms with Crippen molar-refractivity contribution in [2.45, 2.75) is 33.0 Å². The Morgan fingerprint density at radius 2 is 1.96 bits per heavy atom. The number of hydrogen-bond acceptors (Lipinski definition) is 4.